The molecule has 0 unspecified atom stereocenters. The molecule has 0 atom stereocenters. The number of rotatable bonds is 8. The fourth-order valence-corrected chi connectivity index (χ4v) is 1.37. The minimum atomic E-state index is 0.694. The quantitative estimate of drug-likeness (QED) is 0.658. The van der Waals surface area contributed by atoms with E-state index in [2.05, 4.69) is 28.6 Å². The number of ether oxygens (including phenoxy) is 1. The van der Waals surface area contributed by atoms with E-state index in [1.165, 1.54) is 5.56 Å². The lowest BCUT2D eigenvalue weighted by molar-refractivity contribution is 0.210. The van der Waals surface area contributed by atoms with E-state index in [1.54, 1.807) is 7.11 Å². The van der Waals surface area contributed by atoms with Crippen molar-refractivity contribution in [1.82, 2.24) is 10.3 Å². The van der Waals surface area contributed by atoms with Crippen molar-refractivity contribution in [2.75, 3.05) is 32.1 Å². The van der Waals surface area contributed by atoms with Crippen molar-refractivity contribution in [3.63, 3.8) is 0 Å². The van der Waals surface area contributed by atoms with Gasteiger partial charge in [-0.1, -0.05) is 6.92 Å². The van der Waals surface area contributed by atoms with Crippen LogP contribution >= 0.6 is 0 Å². The van der Waals surface area contributed by atoms with Crippen molar-refractivity contribution in [2.24, 2.45) is 0 Å². The average molecular weight is 223 g/mol. The lowest BCUT2D eigenvalue weighted by Gasteiger charge is -2.07. The molecule has 0 aromatic carbocycles. The highest BCUT2D eigenvalue weighted by atomic mass is 16.5. The molecule has 0 aliphatic heterocycles. The van der Waals surface area contributed by atoms with Gasteiger partial charge in [0, 0.05) is 26.4 Å². The second-order valence-corrected chi connectivity index (χ2v) is 3.65. The van der Waals surface area contributed by atoms with Gasteiger partial charge in [-0.2, -0.15) is 0 Å². The molecular formula is C12H21N3O. The van der Waals surface area contributed by atoms with Gasteiger partial charge in [-0.3, -0.25) is 0 Å². The van der Waals surface area contributed by atoms with Gasteiger partial charge in [-0.15, -0.1) is 0 Å². The Labute approximate surface area is 97.4 Å². The fourth-order valence-electron chi connectivity index (χ4n) is 1.37. The lowest BCUT2D eigenvalue weighted by atomic mass is 10.2. The Kier molecular flexibility index (Phi) is 6.53. The summed E-state index contributed by atoms with van der Waals surface area (Å²) in [5.74, 6) is 0.910. The Morgan fingerprint density at radius 1 is 1.38 bits per heavy atom. The Balaban J connectivity index is 2.37. The van der Waals surface area contributed by atoms with Crippen LogP contribution < -0.4 is 10.6 Å². The van der Waals surface area contributed by atoms with Gasteiger partial charge in [0.15, 0.2) is 0 Å². The van der Waals surface area contributed by atoms with Crippen molar-refractivity contribution >= 4 is 5.82 Å². The third-order valence-electron chi connectivity index (χ3n) is 2.19. The molecule has 0 aliphatic rings. The van der Waals surface area contributed by atoms with E-state index < -0.39 is 0 Å². The Bertz CT molecular complexity index is 266. The van der Waals surface area contributed by atoms with E-state index in [9.17, 15) is 0 Å². The van der Waals surface area contributed by atoms with E-state index in [1.807, 2.05) is 12.3 Å². The first-order chi connectivity index (χ1) is 7.86. The normalized spacial score (nSPS) is 10.4. The maximum absolute atomic E-state index is 4.97. The van der Waals surface area contributed by atoms with Crippen molar-refractivity contribution in [3.05, 3.63) is 23.9 Å². The summed E-state index contributed by atoms with van der Waals surface area (Å²) < 4.78 is 4.97. The topological polar surface area (TPSA) is 46.2 Å². The minimum Gasteiger partial charge on any atom is -0.383 e. The molecule has 2 N–H and O–H groups in total. The Hall–Kier alpha value is -1.13. The monoisotopic (exact) mass is 223 g/mol. The van der Waals surface area contributed by atoms with Gasteiger partial charge in [0.1, 0.15) is 5.82 Å². The van der Waals surface area contributed by atoms with Gasteiger partial charge < -0.3 is 15.4 Å². The van der Waals surface area contributed by atoms with Crippen LogP contribution in [0.3, 0.4) is 0 Å². The fraction of sp³-hybridized carbons (Fsp3) is 0.583. The third-order valence-corrected chi connectivity index (χ3v) is 2.19. The molecule has 1 aromatic rings. The van der Waals surface area contributed by atoms with Gasteiger partial charge >= 0.3 is 0 Å². The summed E-state index contributed by atoms with van der Waals surface area (Å²) in [4.78, 5) is 4.24. The molecule has 0 saturated carbocycles. The number of hydrogen-bond acceptors (Lipinski definition) is 4. The van der Waals surface area contributed by atoms with Crippen LogP contribution in [0.2, 0.25) is 0 Å². The lowest BCUT2D eigenvalue weighted by Crippen LogP contribution is -2.14. The summed E-state index contributed by atoms with van der Waals surface area (Å²) in [5, 5.41) is 6.58. The number of nitrogens with one attached hydrogen (secondary N) is 2. The summed E-state index contributed by atoms with van der Waals surface area (Å²) in [7, 11) is 1.69. The van der Waals surface area contributed by atoms with E-state index in [-0.39, 0.29) is 0 Å². The van der Waals surface area contributed by atoms with Gasteiger partial charge in [0.25, 0.3) is 0 Å². The second-order valence-electron chi connectivity index (χ2n) is 3.65. The van der Waals surface area contributed by atoms with Crippen LogP contribution in [0.5, 0.6) is 0 Å². The average Bonchev–Trinajstić information content (AvgIpc) is 2.30. The zero-order chi connectivity index (χ0) is 11.6. The van der Waals surface area contributed by atoms with Crippen molar-refractivity contribution < 1.29 is 4.74 Å². The molecule has 0 saturated heterocycles. The van der Waals surface area contributed by atoms with Crippen LogP contribution in [0.1, 0.15) is 18.9 Å². The first kappa shape index (κ1) is 12.9. The van der Waals surface area contributed by atoms with Gasteiger partial charge in [0.2, 0.25) is 0 Å². The summed E-state index contributed by atoms with van der Waals surface area (Å²) in [6.07, 6.45) is 2.99. The van der Waals surface area contributed by atoms with Crippen LogP contribution in [0.25, 0.3) is 0 Å². The van der Waals surface area contributed by atoms with Crippen molar-refractivity contribution in [3.8, 4) is 0 Å². The van der Waals surface area contributed by atoms with Crippen LogP contribution in [-0.2, 0) is 11.3 Å². The van der Waals surface area contributed by atoms with Crippen LogP contribution in [0.15, 0.2) is 18.3 Å². The summed E-state index contributed by atoms with van der Waals surface area (Å²) in [6, 6.07) is 4.10. The highest BCUT2D eigenvalue weighted by Crippen LogP contribution is 2.06. The molecule has 90 valence electrons. The zero-order valence-electron chi connectivity index (χ0n) is 10.1. The standard InChI is InChI=1S/C12H21N3O/c1-3-5-13-10-11-4-6-14-12(9-11)15-7-8-16-2/h4,6,9,13H,3,5,7-8,10H2,1-2H3,(H,14,15). The number of pyridine rings is 1. The number of aromatic nitrogens is 1. The van der Waals surface area contributed by atoms with Crippen molar-refractivity contribution in [2.45, 2.75) is 19.9 Å². The first-order valence-electron chi connectivity index (χ1n) is 5.75. The molecule has 0 amide bonds. The Morgan fingerprint density at radius 3 is 3.00 bits per heavy atom. The SMILES string of the molecule is CCCNCc1ccnc(NCCOC)c1. The van der Waals surface area contributed by atoms with Crippen LogP contribution in [0.4, 0.5) is 5.82 Å². The summed E-state index contributed by atoms with van der Waals surface area (Å²) >= 11 is 0. The maximum atomic E-state index is 4.97. The molecule has 1 rings (SSSR count). The summed E-state index contributed by atoms with van der Waals surface area (Å²) in [6.45, 7) is 5.59. The van der Waals surface area contributed by atoms with Crippen molar-refractivity contribution in [1.29, 1.82) is 0 Å². The zero-order valence-corrected chi connectivity index (χ0v) is 10.1. The molecule has 1 heterocycles. The minimum absolute atomic E-state index is 0.694. The molecular weight excluding hydrogens is 202 g/mol. The number of hydrogen-bond donors (Lipinski definition) is 2. The van der Waals surface area contributed by atoms with E-state index in [0.29, 0.717) is 6.61 Å². The summed E-state index contributed by atoms with van der Waals surface area (Å²) in [5.41, 5.74) is 1.25. The molecule has 0 aliphatic carbocycles. The van der Waals surface area contributed by atoms with Crippen LogP contribution in [0, 0.1) is 0 Å². The second kappa shape index (κ2) is 8.07. The highest BCUT2D eigenvalue weighted by Gasteiger charge is 1.96. The number of methoxy groups -OCH3 is 1. The molecule has 16 heavy (non-hydrogen) atoms. The van der Waals surface area contributed by atoms with Gasteiger partial charge in [-0.05, 0) is 30.7 Å². The molecule has 0 bridgehead atoms. The predicted octanol–water partition coefficient (Wildman–Crippen LogP) is 1.64. The largest absolute Gasteiger partial charge is 0.383 e. The van der Waals surface area contributed by atoms with Gasteiger partial charge in [-0.25, -0.2) is 4.98 Å². The molecule has 1 aromatic heterocycles. The predicted molar refractivity (Wildman–Crippen MR) is 66.6 cm³/mol. The smallest absolute Gasteiger partial charge is 0.126 e. The molecule has 4 heteroatoms. The van der Waals surface area contributed by atoms with E-state index >= 15 is 0 Å². The third kappa shape index (κ3) is 5.09. The Morgan fingerprint density at radius 2 is 2.25 bits per heavy atom. The van der Waals surface area contributed by atoms with E-state index in [4.69, 9.17) is 4.74 Å². The molecule has 0 fully saturated rings. The highest BCUT2D eigenvalue weighted by molar-refractivity contribution is 5.37. The molecule has 0 radical (unpaired) electrons. The first-order valence-corrected chi connectivity index (χ1v) is 5.75. The number of anilines is 1. The molecule has 4 nitrogen and oxygen atoms in total. The van der Waals surface area contributed by atoms with E-state index in [0.717, 1.165) is 31.9 Å². The maximum Gasteiger partial charge on any atom is 0.126 e. The number of nitrogens with zero attached hydrogens (tertiary/aromatic N) is 1. The van der Waals surface area contributed by atoms with Gasteiger partial charge in [0.05, 0.1) is 6.61 Å². The van der Waals surface area contributed by atoms with Crippen LogP contribution in [-0.4, -0.2) is 31.8 Å². The molecule has 0 spiro atoms.